The average Bonchev–Trinajstić information content (AvgIpc) is 2.82. The van der Waals surface area contributed by atoms with E-state index in [4.69, 9.17) is 0 Å². The highest BCUT2D eigenvalue weighted by molar-refractivity contribution is 6.15. The molecule has 2 heterocycles. The van der Waals surface area contributed by atoms with Crippen LogP contribution in [-0.4, -0.2) is 40.0 Å². The van der Waals surface area contributed by atoms with Gasteiger partial charge >= 0.3 is 5.97 Å². The smallest absolute Gasteiger partial charge is 0.351 e. The number of amides is 2. The number of benzene rings is 1. The number of fused-ring (bicyclic) bond motifs is 3. The van der Waals surface area contributed by atoms with Crippen LogP contribution in [0.3, 0.4) is 0 Å². The third-order valence-electron chi connectivity index (χ3n) is 4.03. The molecule has 1 N–H and O–H groups in total. The predicted octanol–water partition coefficient (Wildman–Crippen LogP) is 1.24. The normalized spacial score (nSPS) is 23.8. The van der Waals surface area contributed by atoms with Crippen molar-refractivity contribution in [2.75, 3.05) is 11.4 Å². The van der Waals surface area contributed by atoms with E-state index in [-0.39, 0.29) is 31.2 Å². The Morgan fingerprint density at radius 3 is 2.76 bits per heavy atom. The zero-order valence-electron chi connectivity index (χ0n) is 11.3. The molecular weight excluding hydrogens is 272 g/mol. The number of carboxylic acids is 1. The summed E-state index contributed by atoms with van der Waals surface area (Å²) in [5, 5.41) is 9.74. The molecule has 0 spiro atoms. The summed E-state index contributed by atoms with van der Waals surface area (Å²) >= 11 is 0. The van der Waals surface area contributed by atoms with Crippen molar-refractivity contribution in [1.82, 2.24) is 4.90 Å². The summed E-state index contributed by atoms with van der Waals surface area (Å²) in [7, 11) is 0. The van der Waals surface area contributed by atoms with Gasteiger partial charge in [0.25, 0.3) is 5.91 Å². The van der Waals surface area contributed by atoms with Crippen molar-refractivity contribution >= 4 is 23.5 Å². The Kier molecular flexibility index (Phi) is 2.83. The van der Waals surface area contributed by atoms with Gasteiger partial charge in [0, 0.05) is 19.4 Å². The topological polar surface area (TPSA) is 77.9 Å². The molecule has 6 nitrogen and oxygen atoms in total. The first kappa shape index (κ1) is 13.4. The van der Waals surface area contributed by atoms with Crippen LogP contribution in [0.15, 0.2) is 36.9 Å². The maximum absolute atomic E-state index is 12.6. The maximum atomic E-state index is 12.6. The van der Waals surface area contributed by atoms with E-state index in [0.717, 1.165) is 0 Å². The van der Waals surface area contributed by atoms with Crippen molar-refractivity contribution in [2.45, 2.75) is 18.5 Å². The molecule has 0 aromatic heterocycles. The van der Waals surface area contributed by atoms with E-state index in [9.17, 15) is 19.5 Å². The van der Waals surface area contributed by atoms with Crippen molar-refractivity contribution in [3.8, 4) is 0 Å². The third-order valence-corrected chi connectivity index (χ3v) is 4.03. The first-order chi connectivity index (χ1) is 10.0. The van der Waals surface area contributed by atoms with Crippen molar-refractivity contribution in [1.29, 1.82) is 0 Å². The van der Waals surface area contributed by atoms with Gasteiger partial charge in [-0.15, -0.1) is 6.58 Å². The van der Waals surface area contributed by atoms with E-state index in [1.807, 2.05) is 0 Å². The Hall–Kier alpha value is -2.63. The van der Waals surface area contributed by atoms with Crippen LogP contribution in [0.25, 0.3) is 0 Å². The van der Waals surface area contributed by atoms with Crippen molar-refractivity contribution in [3.63, 3.8) is 0 Å². The maximum Gasteiger partial charge on any atom is 0.351 e. The van der Waals surface area contributed by atoms with Crippen LogP contribution in [0.4, 0.5) is 5.69 Å². The minimum Gasteiger partial charge on any atom is -0.478 e. The molecule has 21 heavy (non-hydrogen) atoms. The number of nitrogens with zero attached hydrogens (tertiary/aromatic N) is 2. The number of aliphatic carboxylic acids is 1. The van der Waals surface area contributed by atoms with Crippen LogP contribution in [0, 0.1) is 0 Å². The van der Waals surface area contributed by atoms with Gasteiger partial charge in [-0.2, -0.15) is 0 Å². The molecule has 108 valence electrons. The van der Waals surface area contributed by atoms with Crippen molar-refractivity contribution in [2.24, 2.45) is 0 Å². The van der Waals surface area contributed by atoms with Crippen LogP contribution < -0.4 is 4.90 Å². The zero-order valence-corrected chi connectivity index (χ0v) is 11.3. The number of anilines is 1. The minimum atomic E-state index is -1.64. The molecule has 0 aliphatic carbocycles. The fourth-order valence-corrected chi connectivity index (χ4v) is 3.14. The van der Waals surface area contributed by atoms with Crippen LogP contribution in [0.5, 0.6) is 0 Å². The van der Waals surface area contributed by atoms with Gasteiger partial charge in [0.05, 0.1) is 11.3 Å². The number of hydrogen-bond donors (Lipinski definition) is 1. The third kappa shape index (κ3) is 1.55. The SMILES string of the molecule is C=CCN1C(=O)c2ccccc2N2C(=O)CC[C@]12C(=O)O. The Bertz CT molecular complexity index is 669. The number of hydrogen-bond acceptors (Lipinski definition) is 3. The second kappa shape index (κ2) is 4.44. The van der Waals surface area contributed by atoms with Gasteiger partial charge in [0.15, 0.2) is 0 Å². The fraction of sp³-hybridized carbons (Fsp3) is 0.267. The Morgan fingerprint density at radius 1 is 1.38 bits per heavy atom. The summed E-state index contributed by atoms with van der Waals surface area (Å²) < 4.78 is 0. The summed E-state index contributed by atoms with van der Waals surface area (Å²) in [6, 6.07) is 6.59. The van der Waals surface area contributed by atoms with Gasteiger partial charge in [-0.25, -0.2) is 4.79 Å². The largest absolute Gasteiger partial charge is 0.478 e. The van der Waals surface area contributed by atoms with Gasteiger partial charge in [0.1, 0.15) is 0 Å². The summed E-state index contributed by atoms with van der Waals surface area (Å²) in [5.41, 5.74) is -0.935. The second-order valence-corrected chi connectivity index (χ2v) is 5.07. The summed E-state index contributed by atoms with van der Waals surface area (Å²) in [5.74, 6) is -1.87. The first-order valence-electron chi connectivity index (χ1n) is 6.62. The molecule has 1 fully saturated rings. The molecule has 2 aliphatic rings. The molecule has 2 aliphatic heterocycles. The molecule has 3 rings (SSSR count). The molecule has 0 saturated carbocycles. The molecule has 1 atom stereocenters. The molecule has 6 heteroatoms. The molecule has 1 saturated heterocycles. The molecule has 1 aromatic carbocycles. The van der Waals surface area contributed by atoms with Crippen molar-refractivity contribution < 1.29 is 19.5 Å². The van der Waals surface area contributed by atoms with Gasteiger partial charge in [-0.05, 0) is 12.1 Å². The van der Waals surface area contributed by atoms with Crippen LogP contribution in [0.2, 0.25) is 0 Å². The Balaban J connectivity index is 2.30. The first-order valence-corrected chi connectivity index (χ1v) is 6.62. The van der Waals surface area contributed by atoms with E-state index in [1.54, 1.807) is 24.3 Å². The van der Waals surface area contributed by atoms with Gasteiger partial charge in [0.2, 0.25) is 11.6 Å². The average molecular weight is 286 g/mol. The lowest BCUT2D eigenvalue weighted by Gasteiger charge is -2.47. The number of carbonyl (C=O) groups is 3. The van der Waals surface area contributed by atoms with E-state index >= 15 is 0 Å². The summed E-state index contributed by atoms with van der Waals surface area (Å²) in [4.78, 5) is 39.3. The van der Waals surface area contributed by atoms with Gasteiger partial charge < -0.3 is 10.0 Å². The Labute approximate surface area is 121 Å². The molecule has 1 aromatic rings. The highest BCUT2D eigenvalue weighted by atomic mass is 16.4. The molecule has 0 radical (unpaired) electrons. The van der Waals surface area contributed by atoms with Crippen molar-refractivity contribution in [3.05, 3.63) is 42.5 Å². The highest BCUT2D eigenvalue weighted by Crippen LogP contribution is 2.44. The zero-order chi connectivity index (χ0) is 15.2. The number of para-hydroxylation sites is 1. The summed E-state index contributed by atoms with van der Waals surface area (Å²) in [6.45, 7) is 3.65. The molecule has 2 amide bonds. The van der Waals surface area contributed by atoms with Crippen LogP contribution in [0.1, 0.15) is 23.2 Å². The molecule has 0 bridgehead atoms. The Morgan fingerprint density at radius 2 is 2.10 bits per heavy atom. The predicted molar refractivity (Wildman–Crippen MR) is 74.8 cm³/mol. The van der Waals surface area contributed by atoms with E-state index < -0.39 is 11.6 Å². The monoisotopic (exact) mass is 286 g/mol. The highest BCUT2D eigenvalue weighted by Gasteiger charge is 2.60. The van der Waals surface area contributed by atoms with E-state index in [0.29, 0.717) is 11.3 Å². The molecular formula is C15H14N2O4. The summed E-state index contributed by atoms with van der Waals surface area (Å²) in [6.07, 6.45) is 1.65. The quantitative estimate of drug-likeness (QED) is 0.848. The standard InChI is InChI=1S/C15H14N2O4/c1-2-9-16-13(19)10-5-3-4-6-11(10)17-12(18)7-8-15(16,17)14(20)21/h2-6H,1,7-9H2,(H,20,21)/t15-/m0/s1. The van der Waals surface area contributed by atoms with Gasteiger partial charge in [-0.3, -0.25) is 14.5 Å². The van der Waals surface area contributed by atoms with Crippen LogP contribution >= 0.6 is 0 Å². The lowest BCUT2D eigenvalue weighted by Crippen LogP contribution is -2.68. The minimum absolute atomic E-state index is 0.0727. The number of carboxylic acid groups (broad SMARTS) is 1. The van der Waals surface area contributed by atoms with Crippen LogP contribution in [-0.2, 0) is 9.59 Å². The second-order valence-electron chi connectivity index (χ2n) is 5.07. The van der Waals surface area contributed by atoms with E-state index in [2.05, 4.69) is 6.58 Å². The lowest BCUT2D eigenvalue weighted by atomic mass is 9.96. The fourth-order valence-electron chi connectivity index (χ4n) is 3.14. The van der Waals surface area contributed by atoms with Gasteiger partial charge in [-0.1, -0.05) is 18.2 Å². The number of rotatable bonds is 3. The van der Waals surface area contributed by atoms with E-state index in [1.165, 1.54) is 15.9 Å². The molecule has 0 unspecified atom stereocenters. The lowest BCUT2D eigenvalue weighted by molar-refractivity contribution is -0.150. The number of carbonyl (C=O) groups excluding carboxylic acids is 2.